The van der Waals surface area contributed by atoms with Crippen LogP contribution in [0, 0.1) is 11.8 Å². The third-order valence-corrected chi connectivity index (χ3v) is 6.35. The summed E-state index contributed by atoms with van der Waals surface area (Å²) in [6, 6.07) is -0.302. The molecule has 2 fully saturated rings. The average Bonchev–Trinajstić information content (AvgIpc) is 2.71. The molecule has 24 heavy (non-hydrogen) atoms. The number of carboxylic acids is 1. The number of thiocarbonyl (C=S) groups is 1. The van der Waals surface area contributed by atoms with Crippen molar-refractivity contribution >= 4 is 41.0 Å². The van der Waals surface area contributed by atoms with Crippen LogP contribution in [-0.4, -0.2) is 57.5 Å². The van der Waals surface area contributed by atoms with Crippen LogP contribution in [0.3, 0.4) is 0 Å². The van der Waals surface area contributed by atoms with E-state index in [1.165, 1.54) is 16.7 Å². The Morgan fingerprint density at radius 2 is 2.04 bits per heavy atom. The van der Waals surface area contributed by atoms with Gasteiger partial charge in [-0.25, -0.2) is 0 Å². The van der Waals surface area contributed by atoms with E-state index in [2.05, 4.69) is 10.6 Å². The Hall–Kier alpha value is -0.320. The van der Waals surface area contributed by atoms with E-state index in [0.717, 1.165) is 0 Å². The zero-order valence-corrected chi connectivity index (χ0v) is 17.4. The maximum absolute atomic E-state index is 12.2. The molecule has 0 bridgehead atoms. The number of nitrogens with zero attached hydrogens (tertiary/aromatic N) is 1. The predicted octanol–water partition coefficient (Wildman–Crippen LogP) is -4.61. The number of rotatable bonds is 4. The van der Waals surface area contributed by atoms with Gasteiger partial charge in [-0.15, -0.1) is 11.8 Å². The predicted molar refractivity (Wildman–Crippen MR) is 87.0 cm³/mol. The van der Waals surface area contributed by atoms with Gasteiger partial charge in [0.25, 0.3) is 0 Å². The second kappa shape index (κ2) is 7.51. The van der Waals surface area contributed by atoms with Gasteiger partial charge in [-0.3, -0.25) is 4.79 Å². The van der Waals surface area contributed by atoms with Gasteiger partial charge in [-0.1, -0.05) is 6.92 Å². The molecule has 1 amide bonds. The topological polar surface area (TPSA) is 105 Å². The van der Waals surface area contributed by atoms with Crippen LogP contribution in [0.25, 0.3) is 0 Å². The Labute approximate surface area is 171 Å². The summed E-state index contributed by atoms with van der Waals surface area (Å²) in [5.74, 6) is -2.37. The summed E-state index contributed by atoms with van der Waals surface area (Å²) >= 11 is 6.44. The molecule has 3 rings (SSSR count). The Balaban J connectivity index is 0.00000208. The number of nitrogens with one attached hydrogen (secondary N) is 2. The number of fused-ring (bicyclic) bond motifs is 1. The first-order valence-corrected chi connectivity index (χ1v) is 8.76. The molecule has 0 aliphatic carbocycles. The monoisotopic (exact) mass is 379 g/mol. The van der Waals surface area contributed by atoms with Crippen LogP contribution in [-0.2, 0) is 9.59 Å². The van der Waals surface area contributed by atoms with Crippen LogP contribution in [0.1, 0.15) is 13.8 Å². The summed E-state index contributed by atoms with van der Waals surface area (Å²) in [5, 5.41) is 28.1. The van der Waals surface area contributed by atoms with Crippen LogP contribution in [0.2, 0.25) is 0 Å². The number of aliphatic hydroxyl groups is 1. The Bertz CT molecular complexity index is 603. The minimum Gasteiger partial charge on any atom is -0.543 e. The summed E-state index contributed by atoms with van der Waals surface area (Å²) < 4.78 is 0. The minimum atomic E-state index is -1.34. The van der Waals surface area contributed by atoms with Crippen molar-refractivity contribution in [1.29, 1.82) is 0 Å². The largest absolute Gasteiger partial charge is 1.00 e. The second-order valence-electron chi connectivity index (χ2n) is 6.08. The molecule has 0 aromatic rings. The number of hydrogen-bond donors (Lipinski definition) is 3. The quantitative estimate of drug-likeness (QED) is 0.255. The van der Waals surface area contributed by atoms with E-state index in [1.54, 1.807) is 6.92 Å². The fraction of sp³-hybridized carbons (Fsp3) is 0.643. The van der Waals surface area contributed by atoms with Crippen LogP contribution in [0.4, 0.5) is 0 Å². The van der Waals surface area contributed by atoms with E-state index in [9.17, 15) is 19.8 Å². The minimum absolute atomic E-state index is 0. The summed E-state index contributed by atoms with van der Waals surface area (Å²) in [5.41, 5.74) is -0.0393. The molecular formula is C14H18N3NaO4S2. The van der Waals surface area contributed by atoms with E-state index in [-0.39, 0.29) is 58.4 Å². The first-order chi connectivity index (χ1) is 10.8. The molecule has 0 aromatic heterocycles. The zero-order valence-electron chi connectivity index (χ0n) is 13.7. The molecule has 0 unspecified atom stereocenters. The summed E-state index contributed by atoms with van der Waals surface area (Å²) in [4.78, 5) is 25.7. The number of β-lactam (4-membered cyclic amide) rings is 1. The number of thioether (sulfide) groups is 1. The Morgan fingerprint density at radius 1 is 1.46 bits per heavy atom. The molecule has 2 saturated heterocycles. The first-order valence-electron chi connectivity index (χ1n) is 7.48. The van der Waals surface area contributed by atoms with Crippen molar-refractivity contribution in [3.63, 3.8) is 0 Å². The van der Waals surface area contributed by atoms with Crippen LogP contribution in [0.15, 0.2) is 10.6 Å². The Morgan fingerprint density at radius 3 is 2.54 bits per heavy atom. The first kappa shape index (κ1) is 20.0. The number of carbonyl (C=O) groups excluding carboxylic acids is 2. The number of hydrogen-bond acceptors (Lipinski definition) is 6. The van der Waals surface area contributed by atoms with E-state index < -0.39 is 18.0 Å². The van der Waals surface area contributed by atoms with Gasteiger partial charge in [0.05, 0.1) is 29.7 Å². The summed E-state index contributed by atoms with van der Waals surface area (Å²) in [7, 11) is 0. The van der Waals surface area contributed by atoms with Crippen molar-refractivity contribution in [1.82, 2.24) is 15.5 Å². The molecule has 3 heterocycles. The molecule has 10 heteroatoms. The maximum atomic E-state index is 12.2. The number of aliphatic carboxylic acids is 1. The van der Waals surface area contributed by atoms with Gasteiger partial charge in [0.15, 0.2) is 5.11 Å². The molecular weight excluding hydrogens is 361 g/mol. The van der Waals surface area contributed by atoms with Crippen LogP contribution in [0.5, 0.6) is 0 Å². The fourth-order valence-electron chi connectivity index (χ4n) is 3.48. The van der Waals surface area contributed by atoms with Crippen molar-refractivity contribution in [2.24, 2.45) is 11.8 Å². The smallest absolute Gasteiger partial charge is 0.543 e. The normalized spacial score (nSPS) is 30.8. The third-order valence-electron chi connectivity index (χ3n) is 4.58. The van der Waals surface area contributed by atoms with Crippen molar-refractivity contribution in [3.05, 3.63) is 10.6 Å². The Kier molecular flexibility index (Phi) is 6.26. The molecule has 0 aromatic carbocycles. The van der Waals surface area contributed by atoms with Crippen LogP contribution < -0.4 is 45.3 Å². The van der Waals surface area contributed by atoms with Gasteiger partial charge < -0.3 is 30.5 Å². The molecule has 3 aliphatic heterocycles. The van der Waals surface area contributed by atoms with Gasteiger partial charge >= 0.3 is 29.6 Å². The number of carbonyl (C=O) groups is 2. The molecule has 3 aliphatic rings. The van der Waals surface area contributed by atoms with E-state index >= 15 is 0 Å². The van der Waals surface area contributed by atoms with E-state index in [1.807, 2.05) is 6.92 Å². The number of amides is 1. The molecule has 0 radical (unpaired) electrons. The van der Waals surface area contributed by atoms with Gasteiger partial charge in [-0.2, -0.15) is 0 Å². The van der Waals surface area contributed by atoms with Gasteiger partial charge in [-0.05, 0) is 19.1 Å². The molecule has 4 atom stereocenters. The van der Waals surface area contributed by atoms with Gasteiger partial charge in [0.2, 0.25) is 5.91 Å². The standard InChI is InChI=1S/C14H19N3O4S2.Na/c1-5-9-8(6(2)18)12(19)17(9)10(13(20)21)11(5)23-7-3-15-14(22)16-4-7;/h5-9,18H,3-4H2,1-2H3,(H,20,21)(H2,15,16,22);/q;+1/p-1/t5-,6-,8-,9-;/m1./s1. The number of aliphatic hydroxyl groups excluding tert-OH is 1. The van der Waals surface area contributed by atoms with Crippen molar-refractivity contribution in [2.45, 2.75) is 31.2 Å². The van der Waals surface area contributed by atoms with E-state index in [4.69, 9.17) is 12.2 Å². The van der Waals surface area contributed by atoms with Crippen molar-refractivity contribution in [3.8, 4) is 0 Å². The van der Waals surface area contributed by atoms with Crippen molar-refractivity contribution in [2.75, 3.05) is 13.1 Å². The summed E-state index contributed by atoms with van der Waals surface area (Å²) in [6.07, 6.45) is -0.797. The molecule has 126 valence electrons. The zero-order chi connectivity index (χ0) is 16.9. The molecule has 7 nitrogen and oxygen atoms in total. The van der Waals surface area contributed by atoms with Gasteiger partial charge in [0.1, 0.15) is 0 Å². The third kappa shape index (κ3) is 3.22. The fourth-order valence-corrected chi connectivity index (χ4v) is 4.99. The van der Waals surface area contributed by atoms with E-state index in [0.29, 0.717) is 23.1 Å². The molecule has 0 saturated carbocycles. The summed E-state index contributed by atoms with van der Waals surface area (Å²) in [6.45, 7) is 4.72. The van der Waals surface area contributed by atoms with Gasteiger partial charge in [0, 0.05) is 29.2 Å². The number of carboxylic acid groups (broad SMARTS) is 1. The second-order valence-corrected chi connectivity index (χ2v) is 7.84. The van der Waals surface area contributed by atoms with Crippen LogP contribution >= 0.6 is 24.0 Å². The SMILES string of the molecule is C[C@@H](O)[C@H]1C(=O)N2C(C(=O)[O-])=C(SC3CNC(=S)NC3)[C@H](C)[C@H]12.[Na+]. The average molecular weight is 379 g/mol. The van der Waals surface area contributed by atoms with Crippen molar-refractivity contribution < 1.29 is 49.4 Å². The molecule has 0 spiro atoms. The molecule has 3 N–H and O–H groups in total. The maximum Gasteiger partial charge on any atom is 1.00 e.